The molecule has 1 fully saturated rings. The van der Waals surface area contributed by atoms with Gasteiger partial charge in [0.05, 0.1) is 0 Å². The van der Waals surface area contributed by atoms with Crippen LogP contribution in [-0.4, -0.2) is 24.2 Å². The van der Waals surface area contributed by atoms with Crippen molar-refractivity contribution in [3.8, 4) is 0 Å². The van der Waals surface area contributed by atoms with E-state index in [4.69, 9.17) is 5.11 Å². The Morgan fingerprint density at radius 3 is 2.68 bits per heavy atom. The van der Waals surface area contributed by atoms with E-state index in [1.54, 1.807) is 0 Å². The summed E-state index contributed by atoms with van der Waals surface area (Å²) in [7, 11) is 0. The molecule has 1 atom stereocenters. The fraction of sp³-hybridized carbons (Fsp3) is 0.562. The van der Waals surface area contributed by atoms with E-state index in [9.17, 15) is 4.79 Å². The summed E-state index contributed by atoms with van der Waals surface area (Å²) in [5, 5.41) is 9.01. The van der Waals surface area contributed by atoms with E-state index in [2.05, 4.69) is 49.9 Å². The standard InChI is InChI=1S/C16H23NO2/c1-12-6-4-5-7-14(12)17-9-8-13(10-15(18)19)16(2,3)11-17/h4-7,13H,8-11H2,1-3H3,(H,18,19). The number of carboxylic acids is 1. The SMILES string of the molecule is Cc1ccccc1N1CCC(CC(=O)O)C(C)(C)C1. The largest absolute Gasteiger partial charge is 0.481 e. The van der Waals surface area contributed by atoms with E-state index in [1.807, 2.05) is 0 Å². The van der Waals surface area contributed by atoms with Crippen molar-refractivity contribution in [2.45, 2.75) is 33.6 Å². The maximum absolute atomic E-state index is 10.9. The summed E-state index contributed by atoms with van der Waals surface area (Å²) >= 11 is 0. The Kier molecular flexibility index (Phi) is 3.83. The summed E-state index contributed by atoms with van der Waals surface area (Å²) < 4.78 is 0. The number of nitrogens with zero attached hydrogens (tertiary/aromatic N) is 1. The summed E-state index contributed by atoms with van der Waals surface area (Å²) in [5.74, 6) is -0.410. The lowest BCUT2D eigenvalue weighted by atomic mass is 9.72. The van der Waals surface area contributed by atoms with E-state index in [0.717, 1.165) is 19.5 Å². The number of para-hydroxylation sites is 1. The number of aryl methyl sites for hydroxylation is 1. The highest BCUT2D eigenvalue weighted by Crippen LogP contribution is 2.39. The van der Waals surface area contributed by atoms with Crippen molar-refractivity contribution in [1.29, 1.82) is 0 Å². The number of anilines is 1. The summed E-state index contributed by atoms with van der Waals surface area (Å²) in [4.78, 5) is 13.3. The molecule has 0 saturated carbocycles. The van der Waals surface area contributed by atoms with Gasteiger partial charge >= 0.3 is 5.97 Å². The monoisotopic (exact) mass is 261 g/mol. The Morgan fingerprint density at radius 2 is 2.11 bits per heavy atom. The second kappa shape index (κ2) is 5.24. The van der Waals surface area contributed by atoms with Crippen molar-refractivity contribution >= 4 is 11.7 Å². The van der Waals surface area contributed by atoms with Gasteiger partial charge in [-0.05, 0) is 36.3 Å². The van der Waals surface area contributed by atoms with Gasteiger partial charge in [-0.2, -0.15) is 0 Å². The third kappa shape index (κ3) is 3.09. The van der Waals surface area contributed by atoms with Crippen molar-refractivity contribution in [2.75, 3.05) is 18.0 Å². The number of aliphatic carboxylic acids is 1. The van der Waals surface area contributed by atoms with Crippen LogP contribution in [0.3, 0.4) is 0 Å². The molecule has 104 valence electrons. The molecule has 19 heavy (non-hydrogen) atoms. The molecule has 1 N–H and O–H groups in total. The van der Waals surface area contributed by atoms with Crippen LogP contribution in [0.25, 0.3) is 0 Å². The first-order valence-electron chi connectivity index (χ1n) is 6.92. The third-order valence-electron chi connectivity index (χ3n) is 4.33. The van der Waals surface area contributed by atoms with Gasteiger partial charge in [0.15, 0.2) is 0 Å². The van der Waals surface area contributed by atoms with E-state index in [0.29, 0.717) is 0 Å². The van der Waals surface area contributed by atoms with Gasteiger partial charge in [-0.1, -0.05) is 32.0 Å². The van der Waals surface area contributed by atoms with Gasteiger partial charge in [0.2, 0.25) is 0 Å². The quantitative estimate of drug-likeness (QED) is 0.907. The molecule has 1 heterocycles. The molecule has 1 aromatic carbocycles. The molecule has 0 amide bonds. The minimum Gasteiger partial charge on any atom is -0.481 e. The van der Waals surface area contributed by atoms with Crippen molar-refractivity contribution in [2.24, 2.45) is 11.3 Å². The molecule has 0 bridgehead atoms. The van der Waals surface area contributed by atoms with Gasteiger partial charge in [0.25, 0.3) is 0 Å². The highest BCUT2D eigenvalue weighted by Gasteiger charge is 2.37. The third-order valence-corrected chi connectivity index (χ3v) is 4.33. The topological polar surface area (TPSA) is 40.5 Å². The van der Waals surface area contributed by atoms with Crippen LogP contribution in [0.4, 0.5) is 5.69 Å². The molecule has 1 saturated heterocycles. The summed E-state index contributed by atoms with van der Waals surface area (Å²) in [6.45, 7) is 8.38. The molecule has 1 aliphatic rings. The molecular formula is C16H23NO2. The molecule has 0 radical (unpaired) electrons. The molecule has 1 unspecified atom stereocenters. The van der Waals surface area contributed by atoms with Crippen LogP contribution in [0.2, 0.25) is 0 Å². The van der Waals surface area contributed by atoms with Crippen LogP contribution in [0.5, 0.6) is 0 Å². The lowest BCUT2D eigenvalue weighted by Gasteiger charge is -2.45. The second-order valence-corrected chi connectivity index (χ2v) is 6.28. The number of rotatable bonds is 3. The van der Waals surface area contributed by atoms with Crippen molar-refractivity contribution < 1.29 is 9.90 Å². The van der Waals surface area contributed by atoms with Gasteiger partial charge in [-0.15, -0.1) is 0 Å². The average molecular weight is 261 g/mol. The van der Waals surface area contributed by atoms with Crippen LogP contribution >= 0.6 is 0 Å². The van der Waals surface area contributed by atoms with Crippen molar-refractivity contribution in [3.05, 3.63) is 29.8 Å². The van der Waals surface area contributed by atoms with Crippen LogP contribution in [0.1, 0.15) is 32.3 Å². The predicted molar refractivity (Wildman–Crippen MR) is 77.5 cm³/mol. The zero-order valence-electron chi connectivity index (χ0n) is 12.0. The smallest absolute Gasteiger partial charge is 0.303 e. The van der Waals surface area contributed by atoms with E-state index in [-0.39, 0.29) is 17.8 Å². The van der Waals surface area contributed by atoms with Crippen LogP contribution in [0.15, 0.2) is 24.3 Å². The molecule has 0 spiro atoms. The zero-order valence-corrected chi connectivity index (χ0v) is 12.0. The second-order valence-electron chi connectivity index (χ2n) is 6.28. The van der Waals surface area contributed by atoms with Gasteiger partial charge in [0.1, 0.15) is 0 Å². The Bertz CT molecular complexity index is 468. The Labute approximate surface area is 115 Å². The van der Waals surface area contributed by atoms with Gasteiger partial charge in [-0.25, -0.2) is 0 Å². The molecule has 3 nitrogen and oxygen atoms in total. The fourth-order valence-electron chi connectivity index (χ4n) is 3.12. The minimum absolute atomic E-state index is 0.0406. The van der Waals surface area contributed by atoms with Crippen LogP contribution in [0, 0.1) is 18.3 Å². The highest BCUT2D eigenvalue weighted by molar-refractivity contribution is 5.67. The molecule has 2 rings (SSSR count). The fourth-order valence-corrected chi connectivity index (χ4v) is 3.12. The maximum atomic E-state index is 10.9. The average Bonchev–Trinajstić information content (AvgIpc) is 2.31. The zero-order chi connectivity index (χ0) is 14.0. The Balaban J connectivity index is 2.14. The molecule has 1 aromatic rings. The summed E-state index contributed by atoms with van der Waals surface area (Å²) in [6.07, 6.45) is 1.24. The Morgan fingerprint density at radius 1 is 1.42 bits per heavy atom. The van der Waals surface area contributed by atoms with Crippen molar-refractivity contribution in [1.82, 2.24) is 0 Å². The van der Waals surface area contributed by atoms with Crippen LogP contribution in [-0.2, 0) is 4.79 Å². The van der Waals surface area contributed by atoms with Gasteiger partial charge in [-0.3, -0.25) is 4.79 Å². The number of hydrogen-bond donors (Lipinski definition) is 1. The van der Waals surface area contributed by atoms with Gasteiger partial charge in [0, 0.05) is 25.2 Å². The van der Waals surface area contributed by atoms with Crippen molar-refractivity contribution in [3.63, 3.8) is 0 Å². The predicted octanol–water partition coefficient (Wildman–Crippen LogP) is 3.32. The summed E-state index contributed by atoms with van der Waals surface area (Å²) in [5.41, 5.74) is 2.61. The normalized spacial score (nSPS) is 22.3. The molecule has 3 heteroatoms. The highest BCUT2D eigenvalue weighted by atomic mass is 16.4. The molecule has 1 aliphatic heterocycles. The number of benzene rings is 1. The first kappa shape index (κ1) is 13.9. The van der Waals surface area contributed by atoms with Crippen LogP contribution < -0.4 is 4.90 Å². The number of hydrogen-bond acceptors (Lipinski definition) is 2. The first-order valence-corrected chi connectivity index (χ1v) is 6.92. The van der Waals surface area contributed by atoms with E-state index >= 15 is 0 Å². The van der Waals surface area contributed by atoms with E-state index < -0.39 is 5.97 Å². The first-order chi connectivity index (χ1) is 8.90. The summed E-state index contributed by atoms with van der Waals surface area (Å²) in [6, 6.07) is 8.41. The number of piperidine rings is 1. The molecular weight excluding hydrogens is 238 g/mol. The Hall–Kier alpha value is -1.51. The van der Waals surface area contributed by atoms with Gasteiger partial charge < -0.3 is 10.0 Å². The number of carboxylic acid groups (broad SMARTS) is 1. The lowest BCUT2D eigenvalue weighted by molar-refractivity contribution is -0.139. The molecule has 0 aliphatic carbocycles. The minimum atomic E-state index is -0.678. The number of carbonyl (C=O) groups is 1. The maximum Gasteiger partial charge on any atom is 0.303 e. The molecule has 0 aromatic heterocycles. The van der Waals surface area contributed by atoms with E-state index in [1.165, 1.54) is 11.3 Å². The lowest BCUT2D eigenvalue weighted by Crippen LogP contribution is -2.46.